The Kier molecular flexibility index (Phi) is 9.11. The topological polar surface area (TPSA) is 35.5 Å². The predicted octanol–water partition coefficient (Wildman–Crippen LogP) is 6.62. The molecule has 1 aliphatic rings. The lowest BCUT2D eigenvalue weighted by Crippen LogP contribution is -2.66. The van der Waals surface area contributed by atoms with E-state index in [0.717, 1.165) is 24.2 Å². The van der Waals surface area contributed by atoms with Crippen molar-refractivity contribution in [2.45, 2.75) is 61.3 Å². The van der Waals surface area contributed by atoms with Gasteiger partial charge in [0.25, 0.3) is 8.32 Å². The summed E-state index contributed by atoms with van der Waals surface area (Å²) < 4.78 is 13.0. The van der Waals surface area contributed by atoms with Gasteiger partial charge >= 0.3 is 5.97 Å². The van der Waals surface area contributed by atoms with E-state index in [1.807, 2.05) is 36.4 Å². The SMILES string of the molecule is C=CC[C@H]1[C@H](Sc2ccccc2)C(=O)O[C@@H]1CCCO[Si](c1ccccc1)(c1ccccc1)C(C)(C)C. The van der Waals surface area contributed by atoms with Gasteiger partial charge < -0.3 is 9.16 Å². The van der Waals surface area contributed by atoms with Gasteiger partial charge in [-0.3, -0.25) is 4.79 Å². The summed E-state index contributed by atoms with van der Waals surface area (Å²) in [7, 11) is -2.56. The number of esters is 1. The van der Waals surface area contributed by atoms with Crippen LogP contribution in [-0.2, 0) is 14.0 Å². The highest BCUT2D eigenvalue weighted by Crippen LogP contribution is 2.40. The fourth-order valence-corrected chi connectivity index (χ4v) is 11.3. The molecule has 3 atom stereocenters. The van der Waals surface area contributed by atoms with Gasteiger partial charge in [-0.2, -0.15) is 0 Å². The lowest BCUT2D eigenvalue weighted by atomic mass is 9.94. The fraction of sp³-hybridized carbons (Fsp3) is 0.344. The van der Waals surface area contributed by atoms with Crippen LogP contribution >= 0.6 is 11.8 Å². The minimum atomic E-state index is -2.56. The average Bonchev–Trinajstić information content (AvgIpc) is 3.19. The number of ether oxygens (including phenoxy) is 1. The van der Waals surface area contributed by atoms with Crippen LogP contribution < -0.4 is 10.4 Å². The maximum atomic E-state index is 12.9. The van der Waals surface area contributed by atoms with Crippen molar-refractivity contribution in [3.8, 4) is 0 Å². The number of rotatable bonds is 11. The molecule has 0 aliphatic carbocycles. The Hall–Kier alpha value is -2.60. The third-order valence-corrected chi connectivity index (χ3v) is 13.6. The lowest BCUT2D eigenvalue weighted by Gasteiger charge is -2.43. The van der Waals surface area contributed by atoms with E-state index in [9.17, 15) is 4.79 Å². The monoisotopic (exact) mass is 530 g/mol. The fourth-order valence-electron chi connectivity index (χ4n) is 5.47. The van der Waals surface area contributed by atoms with Gasteiger partial charge in [0.05, 0.1) is 0 Å². The van der Waals surface area contributed by atoms with Gasteiger partial charge in [0.2, 0.25) is 0 Å². The second-order valence-electron chi connectivity index (χ2n) is 10.7. The highest BCUT2D eigenvalue weighted by molar-refractivity contribution is 8.00. The van der Waals surface area contributed by atoms with Gasteiger partial charge in [-0.05, 0) is 46.8 Å². The van der Waals surface area contributed by atoms with E-state index in [0.29, 0.717) is 6.61 Å². The van der Waals surface area contributed by atoms with Crippen molar-refractivity contribution in [2.24, 2.45) is 5.92 Å². The van der Waals surface area contributed by atoms with E-state index in [1.165, 1.54) is 10.4 Å². The Morgan fingerprint density at radius 3 is 1.97 bits per heavy atom. The molecule has 0 amide bonds. The van der Waals surface area contributed by atoms with Crippen molar-refractivity contribution in [1.82, 2.24) is 0 Å². The molecular weight excluding hydrogens is 493 g/mol. The second kappa shape index (κ2) is 12.3. The minimum Gasteiger partial charge on any atom is -0.461 e. The molecule has 0 saturated carbocycles. The Morgan fingerprint density at radius 1 is 0.919 bits per heavy atom. The maximum Gasteiger partial charge on any atom is 0.320 e. The van der Waals surface area contributed by atoms with E-state index >= 15 is 0 Å². The molecule has 0 N–H and O–H groups in total. The molecule has 1 saturated heterocycles. The highest BCUT2D eigenvalue weighted by Gasteiger charge is 2.50. The maximum absolute atomic E-state index is 12.9. The van der Waals surface area contributed by atoms with Gasteiger partial charge in [0.15, 0.2) is 0 Å². The molecule has 0 bridgehead atoms. The van der Waals surface area contributed by atoms with E-state index in [1.54, 1.807) is 11.8 Å². The number of thioether (sulfide) groups is 1. The van der Waals surface area contributed by atoms with Crippen molar-refractivity contribution >= 4 is 36.4 Å². The number of carbonyl (C=O) groups is 1. The highest BCUT2D eigenvalue weighted by atomic mass is 32.2. The number of allylic oxidation sites excluding steroid dienone is 1. The molecule has 1 fully saturated rings. The van der Waals surface area contributed by atoms with Crippen molar-refractivity contribution in [1.29, 1.82) is 0 Å². The third-order valence-electron chi connectivity index (χ3n) is 7.18. The number of cyclic esters (lactones) is 1. The molecule has 194 valence electrons. The first-order valence-corrected chi connectivity index (χ1v) is 15.9. The van der Waals surface area contributed by atoms with Gasteiger partial charge in [-0.1, -0.05) is 106 Å². The van der Waals surface area contributed by atoms with Gasteiger partial charge in [0.1, 0.15) is 11.4 Å². The largest absolute Gasteiger partial charge is 0.461 e. The first kappa shape index (κ1) is 27.4. The summed E-state index contributed by atoms with van der Waals surface area (Å²) in [5.41, 5.74) is 0. The zero-order valence-electron chi connectivity index (χ0n) is 22.1. The molecule has 3 aromatic rings. The number of carbonyl (C=O) groups excluding carboxylic acids is 1. The van der Waals surface area contributed by atoms with Crippen LogP contribution in [0.5, 0.6) is 0 Å². The normalized spacial score (nSPS) is 20.0. The average molecular weight is 531 g/mol. The molecule has 1 heterocycles. The molecule has 0 aromatic heterocycles. The summed E-state index contributed by atoms with van der Waals surface area (Å²) in [6.45, 7) is 11.5. The number of hydrogen-bond donors (Lipinski definition) is 0. The van der Waals surface area contributed by atoms with Crippen molar-refractivity contribution in [2.75, 3.05) is 6.61 Å². The summed E-state index contributed by atoms with van der Waals surface area (Å²) in [5.74, 6) is 0.00155. The zero-order chi connectivity index (χ0) is 26.3. The molecule has 0 spiro atoms. The molecule has 0 unspecified atom stereocenters. The first-order valence-electron chi connectivity index (χ1n) is 13.1. The molecule has 5 heteroatoms. The van der Waals surface area contributed by atoms with Crippen LogP contribution in [0.15, 0.2) is 109 Å². The van der Waals surface area contributed by atoms with Gasteiger partial charge in [-0.15, -0.1) is 18.3 Å². The number of benzene rings is 3. The molecule has 4 rings (SSSR count). The molecular formula is C32H38O3SSi. The van der Waals surface area contributed by atoms with Crippen LogP contribution in [0.3, 0.4) is 0 Å². The van der Waals surface area contributed by atoms with Crippen molar-refractivity contribution in [3.63, 3.8) is 0 Å². The summed E-state index contributed by atoms with van der Waals surface area (Å²) in [6.07, 6.45) is 4.18. The van der Waals surface area contributed by atoms with E-state index < -0.39 is 8.32 Å². The summed E-state index contributed by atoms with van der Waals surface area (Å²) in [6, 6.07) is 31.5. The van der Waals surface area contributed by atoms with Crippen LogP contribution in [0.1, 0.15) is 40.0 Å². The first-order chi connectivity index (χ1) is 17.9. The van der Waals surface area contributed by atoms with Crippen LogP contribution in [0.25, 0.3) is 0 Å². The van der Waals surface area contributed by atoms with Crippen LogP contribution in [-0.4, -0.2) is 32.2 Å². The van der Waals surface area contributed by atoms with Crippen LogP contribution in [0.2, 0.25) is 5.04 Å². The van der Waals surface area contributed by atoms with Gasteiger partial charge in [-0.25, -0.2) is 0 Å². The van der Waals surface area contributed by atoms with Gasteiger partial charge in [0, 0.05) is 17.4 Å². The Labute approximate surface area is 227 Å². The predicted molar refractivity (Wildman–Crippen MR) is 157 cm³/mol. The second-order valence-corrected chi connectivity index (χ2v) is 16.2. The van der Waals surface area contributed by atoms with Crippen molar-refractivity contribution in [3.05, 3.63) is 104 Å². The Bertz CT molecular complexity index is 1110. The van der Waals surface area contributed by atoms with E-state index in [-0.39, 0.29) is 28.3 Å². The number of hydrogen-bond acceptors (Lipinski definition) is 4. The van der Waals surface area contributed by atoms with Crippen LogP contribution in [0, 0.1) is 5.92 Å². The molecule has 3 nitrogen and oxygen atoms in total. The minimum absolute atomic E-state index is 0.0572. The summed E-state index contributed by atoms with van der Waals surface area (Å²) in [5, 5.41) is 2.30. The Balaban J connectivity index is 1.49. The summed E-state index contributed by atoms with van der Waals surface area (Å²) in [4.78, 5) is 14.0. The zero-order valence-corrected chi connectivity index (χ0v) is 24.0. The smallest absolute Gasteiger partial charge is 0.320 e. The molecule has 37 heavy (non-hydrogen) atoms. The Morgan fingerprint density at radius 2 is 1.46 bits per heavy atom. The molecule has 3 aromatic carbocycles. The quantitative estimate of drug-likeness (QED) is 0.121. The molecule has 1 aliphatic heterocycles. The standard InChI is InChI=1S/C32H38O3SSi/c1-5-16-28-29(35-31(33)30(28)36-25-17-9-6-10-18-25)23-15-24-34-37(32(2,3)4,26-19-11-7-12-20-26)27-21-13-8-14-22-27/h5-14,17-22,28-30H,1,15-16,23-24H2,2-4H3/t28-,29-,30+/m1/s1. The van der Waals surface area contributed by atoms with E-state index in [4.69, 9.17) is 9.16 Å². The van der Waals surface area contributed by atoms with Crippen LogP contribution in [0.4, 0.5) is 0 Å². The van der Waals surface area contributed by atoms with E-state index in [2.05, 4.69) is 88.0 Å². The molecule has 0 radical (unpaired) electrons. The lowest BCUT2D eigenvalue weighted by molar-refractivity contribution is -0.141. The van der Waals surface area contributed by atoms with Crippen molar-refractivity contribution < 1.29 is 14.0 Å². The third kappa shape index (κ3) is 6.11. The summed E-state index contributed by atoms with van der Waals surface area (Å²) >= 11 is 1.61.